The molecule has 82 valence electrons. The average Bonchev–Trinajstić information content (AvgIpc) is 2.74. The number of rotatable bonds is 2. The second-order valence-electron chi connectivity index (χ2n) is 3.39. The van der Waals surface area contributed by atoms with Crippen molar-refractivity contribution in [3.63, 3.8) is 0 Å². The fourth-order valence-corrected chi connectivity index (χ4v) is 1.77. The number of amides is 1. The van der Waals surface area contributed by atoms with E-state index >= 15 is 0 Å². The van der Waals surface area contributed by atoms with Gasteiger partial charge in [0.25, 0.3) is 5.91 Å². The summed E-state index contributed by atoms with van der Waals surface area (Å²) in [6.07, 6.45) is 1.59. The third kappa shape index (κ3) is 2.41. The molecular weight excluding hydrogens is 317 g/mol. The number of anilines is 1. The lowest BCUT2D eigenvalue weighted by atomic mass is 10.1. The van der Waals surface area contributed by atoms with Crippen LogP contribution in [0.4, 0.5) is 5.82 Å². The van der Waals surface area contributed by atoms with Crippen molar-refractivity contribution < 1.29 is 4.79 Å². The molecule has 1 heterocycles. The summed E-state index contributed by atoms with van der Waals surface area (Å²) in [7, 11) is 0. The van der Waals surface area contributed by atoms with Gasteiger partial charge < -0.3 is 5.32 Å². The van der Waals surface area contributed by atoms with Crippen LogP contribution in [0.15, 0.2) is 30.5 Å². The Labute approximate surface area is 107 Å². The number of benzene rings is 1. The number of carbonyl (C=O) groups is 1. The van der Waals surface area contributed by atoms with Crippen molar-refractivity contribution in [1.29, 1.82) is 0 Å². The van der Waals surface area contributed by atoms with E-state index < -0.39 is 0 Å². The van der Waals surface area contributed by atoms with E-state index in [4.69, 9.17) is 0 Å². The Kier molecular flexibility index (Phi) is 3.23. The molecule has 0 atom stereocenters. The van der Waals surface area contributed by atoms with E-state index in [1.165, 1.54) is 5.56 Å². The zero-order chi connectivity index (χ0) is 11.5. The van der Waals surface area contributed by atoms with Crippen LogP contribution in [-0.4, -0.2) is 16.1 Å². The monoisotopic (exact) mass is 327 g/mol. The molecule has 1 amide bonds. The molecular formula is C11H10IN3O. The van der Waals surface area contributed by atoms with Crippen LogP contribution in [0, 0.1) is 10.5 Å². The van der Waals surface area contributed by atoms with Gasteiger partial charge in [0.2, 0.25) is 0 Å². The van der Waals surface area contributed by atoms with Crippen LogP contribution in [0.1, 0.15) is 15.9 Å². The van der Waals surface area contributed by atoms with E-state index in [1.807, 2.05) is 25.1 Å². The molecule has 0 spiro atoms. The second kappa shape index (κ2) is 4.65. The third-order valence-corrected chi connectivity index (χ3v) is 3.35. The average molecular weight is 327 g/mol. The molecule has 0 aliphatic rings. The molecule has 2 rings (SSSR count). The second-order valence-corrected chi connectivity index (χ2v) is 4.55. The van der Waals surface area contributed by atoms with Gasteiger partial charge in [-0.1, -0.05) is 6.07 Å². The first-order valence-electron chi connectivity index (χ1n) is 4.73. The summed E-state index contributed by atoms with van der Waals surface area (Å²) in [6.45, 7) is 2.01. The molecule has 0 saturated heterocycles. The molecule has 2 aromatic rings. The van der Waals surface area contributed by atoms with Crippen LogP contribution in [0.5, 0.6) is 0 Å². The van der Waals surface area contributed by atoms with Crippen molar-refractivity contribution >= 4 is 34.3 Å². The third-order valence-electron chi connectivity index (χ3n) is 2.18. The Morgan fingerprint density at radius 3 is 2.88 bits per heavy atom. The molecule has 0 aliphatic heterocycles. The van der Waals surface area contributed by atoms with Gasteiger partial charge in [-0.2, -0.15) is 5.10 Å². The molecule has 0 bridgehead atoms. The first-order valence-corrected chi connectivity index (χ1v) is 5.81. The number of halogens is 1. The van der Waals surface area contributed by atoms with Crippen molar-refractivity contribution in [2.24, 2.45) is 0 Å². The number of hydrogen-bond acceptors (Lipinski definition) is 2. The molecule has 4 nitrogen and oxygen atoms in total. The predicted molar refractivity (Wildman–Crippen MR) is 70.4 cm³/mol. The molecule has 16 heavy (non-hydrogen) atoms. The zero-order valence-electron chi connectivity index (χ0n) is 8.62. The minimum absolute atomic E-state index is 0.137. The Hall–Kier alpha value is -1.37. The first-order chi connectivity index (χ1) is 7.66. The summed E-state index contributed by atoms with van der Waals surface area (Å²) >= 11 is 2.21. The van der Waals surface area contributed by atoms with Gasteiger partial charge in [-0.3, -0.25) is 9.89 Å². The van der Waals surface area contributed by atoms with Crippen LogP contribution in [-0.2, 0) is 0 Å². The Bertz CT molecular complexity index is 508. The standard InChI is InChI=1S/C11H10IN3O/c1-7-2-3-8(6-9(7)12)11(16)14-10-4-5-13-15-10/h2-6H,1H3,(H2,13,14,15,16). The lowest BCUT2D eigenvalue weighted by Gasteiger charge is -2.04. The number of aromatic nitrogens is 2. The fourth-order valence-electron chi connectivity index (χ4n) is 1.25. The smallest absolute Gasteiger partial charge is 0.256 e. The largest absolute Gasteiger partial charge is 0.307 e. The topological polar surface area (TPSA) is 57.8 Å². The van der Waals surface area contributed by atoms with Crippen molar-refractivity contribution in [1.82, 2.24) is 10.2 Å². The van der Waals surface area contributed by atoms with E-state index in [9.17, 15) is 4.79 Å². The predicted octanol–water partition coefficient (Wildman–Crippen LogP) is 2.58. The van der Waals surface area contributed by atoms with E-state index in [-0.39, 0.29) is 5.91 Å². The van der Waals surface area contributed by atoms with Crippen LogP contribution >= 0.6 is 22.6 Å². The molecule has 0 saturated carbocycles. The highest BCUT2D eigenvalue weighted by molar-refractivity contribution is 14.1. The summed E-state index contributed by atoms with van der Waals surface area (Å²) in [5, 5.41) is 9.16. The molecule has 0 aliphatic carbocycles. The minimum Gasteiger partial charge on any atom is -0.307 e. The van der Waals surface area contributed by atoms with Crippen molar-refractivity contribution in [2.75, 3.05) is 5.32 Å². The molecule has 0 fully saturated rings. The molecule has 1 aromatic carbocycles. The summed E-state index contributed by atoms with van der Waals surface area (Å²) in [4.78, 5) is 11.8. The highest BCUT2D eigenvalue weighted by Crippen LogP contribution is 2.14. The van der Waals surface area contributed by atoms with E-state index in [2.05, 4.69) is 38.1 Å². The number of aryl methyl sites for hydroxylation is 1. The maximum absolute atomic E-state index is 11.8. The van der Waals surface area contributed by atoms with Crippen LogP contribution in [0.3, 0.4) is 0 Å². The van der Waals surface area contributed by atoms with Crippen molar-refractivity contribution in [3.05, 3.63) is 45.2 Å². The maximum Gasteiger partial charge on any atom is 0.256 e. The quantitative estimate of drug-likeness (QED) is 0.833. The van der Waals surface area contributed by atoms with Gasteiger partial charge in [0.1, 0.15) is 5.82 Å². The zero-order valence-corrected chi connectivity index (χ0v) is 10.8. The van der Waals surface area contributed by atoms with E-state index in [0.717, 1.165) is 3.57 Å². The fraction of sp³-hybridized carbons (Fsp3) is 0.0909. The van der Waals surface area contributed by atoms with Crippen LogP contribution in [0.25, 0.3) is 0 Å². The molecule has 0 unspecified atom stereocenters. The van der Waals surface area contributed by atoms with Crippen LogP contribution in [0.2, 0.25) is 0 Å². The molecule has 1 aromatic heterocycles. The van der Waals surface area contributed by atoms with Gasteiger partial charge in [-0.25, -0.2) is 0 Å². The highest BCUT2D eigenvalue weighted by Gasteiger charge is 2.07. The SMILES string of the molecule is Cc1ccc(C(=O)Nc2ccn[nH]2)cc1I. The summed E-state index contributed by atoms with van der Waals surface area (Å²) in [5.74, 6) is 0.461. The number of hydrogen-bond donors (Lipinski definition) is 2. The van der Waals surface area contributed by atoms with E-state index in [0.29, 0.717) is 11.4 Å². The summed E-state index contributed by atoms with van der Waals surface area (Å²) in [6, 6.07) is 7.31. The maximum atomic E-state index is 11.8. The Morgan fingerprint density at radius 2 is 2.25 bits per heavy atom. The molecule has 2 N–H and O–H groups in total. The number of nitrogens with one attached hydrogen (secondary N) is 2. The van der Waals surface area contributed by atoms with Crippen LogP contribution < -0.4 is 5.32 Å². The molecule has 5 heteroatoms. The number of carbonyl (C=O) groups excluding carboxylic acids is 1. The lowest BCUT2D eigenvalue weighted by Crippen LogP contribution is -2.12. The van der Waals surface area contributed by atoms with Gasteiger partial charge in [-0.05, 0) is 47.2 Å². The summed E-state index contributed by atoms with van der Waals surface area (Å²) in [5.41, 5.74) is 1.81. The van der Waals surface area contributed by atoms with Gasteiger partial charge in [0.05, 0.1) is 6.20 Å². The van der Waals surface area contributed by atoms with Crippen molar-refractivity contribution in [2.45, 2.75) is 6.92 Å². The Morgan fingerprint density at radius 1 is 1.44 bits per heavy atom. The first kappa shape index (κ1) is 11.1. The van der Waals surface area contributed by atoms with Gasteiger partial charge in [0.15, 0.2) is 0 Å². The van der Waals surface area contributed by atoms with Crippen molar-refractivity contribution in [3.8, 4) is 0 Å². The van der Waals surface area contributed by atoms with E-state index in [1.54, 1.807) is 12.3 Å². The number of aromatic amines is 1. The number of H-pyrrole nitrogens is 1. The van der Waals surface area contributed by atoms with Gasteiger partial charge in [0, 0.05) is 15.2 Å². The van der Waals surface area contributed by atoms with Gasteiger partial charge >= 0.3 is 0 Å². The normalized spacial score (nSPS) is 10.1. The molecule has 0 radical (unpaired) electrons. The summed E-state index contributed by atoms with van der Waals surface area (Å²) < 4.78 is 1.08. The number of nitrogens with zero attached hydrogens (tertiary/aromatic N) is 1. The minimum atomic E-state index is -0.137. The lowest BCUT2D eigenvalue weighted by molar-refractivity contribution is 0.102. The van der Waals surface area contributed by atoms with Gasteiger partial charge in [-0.15, -0.1) is 0 Å². The highest BCUT2D eigenvalue weighted by atomic mass is 127. The Balaban J connectivity index is 2.18.